The molecule has 0 aliphatic rings. The van der Waals surface area contributed by atoms with Gasteiger partial charge >= 0.3 is 0 Å². The number of nitriles is 1. The monoisotopic (exact) mass is 265 g/mol. The summed E-state index contributed by atoms with van der Waals surface area (Å²) in [6, 6.07) is 7.97. The van der Waals surface area contributed by atoms with Gasteiger partial charge in [0.05, 0.1) is 15.6 Å². The Balaban J connectivity index is 2.65. The summed E-state index contributed by atoms with van der Waals surface area (Å²) in [6.07, 6.45) is 0. The number of nitrogens with zero attached hydrogens (tertiary/aromatic N) is 2. The first kappa shape index (κ1) is 11.6. The number of halogens is 2. The van der Waals surface area contributed by atoms with Crippen molar-refractivity contribution < 1.29 is 0 Å². The Hall–Kier alpha value is -1.83. The van der Waals surface area contributed by atoms with Crippen molar-refractivity contribution in [3.8, 4) is 17.3 Å². The smallest absolute Gasteiger partial charge is 0.265 e. The summed E-state index contributed by atoms with van der Waals surface area (Å²) in [6.45, 7) is 0. The minimum atomic E-state index is -0.426. The molecule has 4 nitrogen and oxygen atoms in total. The van der Waals surface area contributed by atoms with Gasteiger partial charge in [-0.05, 0) is 12.1 Å². The minimum Gasteiger partial charge on any atom is -0.268 e. The molecule has 1 heterocycles. The van der Waals surface area contributed by atoms with Crippen LogP contribution < -0.4 is 5.56 Å². The van der Waals surface area contributed by atoms with E-state index in [0.29, 0.717) is 21.3 Å². The molecule has 1 N–H and O–H groups in total. The first-order valence-electron chi connectivity index (χ1n) is 4.57. The van der Waals surface area contributed by atoms with Crippen molar-refractivity contribution >= 4 is 23.2 Å². The SMILES string of the molecule is N#Cc1cc(=O)[nH]nc1-c1ccc(Cl)c(Cl)c1. The molecule has 0 radical (unpaired) electrons. The third-order valence-corrected chi connectivity index (χ3v) is 2.86. The van der Waals surface area contributed by atoms with Crippen LogP contribution in [0.1, 0.15) is 5.56 Å². The number of aromatic nitrogens is 2. The van der Waals surface area contributed by atoms with Crippen molar-refractivity contribution in [1.29, 1.82) is 5.26 Å². The lowest BCUT2D eigenvalue weighted by Crippen LogP contribution is -2.08. The summed E-state index contributed by atoms with van der Waals surface area (Å²) in [7, 11) is 0. The van der Waals surface area contributed by atoms with E-state index in [2.05, 4.69) is 10.2 Å². The van der Waals surface area contributed by atoms with Gasteiger partial charge in [0.25, 0.3) is 5.56 Å². The third kappa shape index (κ3) is 2.31. The van der Waals surface area contributed by atoms with Crippen molar-refractivity contribution in [2.75, 3.05) is 0 Å². The van der Waals surface area contributed by atoms with Gasteiger partial charge in [-0.15, -0.1) is 0 Å². The molecule has 0 unspecified atom stereocenters. The first-order chi connectivity index (χ1) is 8.11. The van der Waals surface area contributed by atoms with Gasteiger partial charge in [0, 0.05) is 11.6 Å². The summed E-state index contributed by atoms with van der Waals surface area (Å²) in [5.74, 6) is 0. The third-order valence-electron chi connectivity index (χ3n) is 2.12. The summed E-state index contributed by atoms with van der Waals surface area (Å²) >= 11 is 11.7. The van der Waals surface area contributed by atoms with E-state index in [1.165, 1.54) is 6.07 Å². The maximum absolute atomic E-state index is 11.0. The molecular weight excluding hydrogens is 261 g/mol. The molecule has 6 heteroatoms. The molecule has 0 spiro atoms. The zero-order chi connectivity index (χ0) is 12.4. The van der Waals surface area contributed by atoms with E-state index in [4.69, 9.17) is 28.5 Å². The van der Waals surface area contributed by atoms with Crippen LogP contribution in [0.25, 0.3) is 11.3 Å². The first-order valence-corrected chi connectivity index (χ1v) is 5.32. The molecule has 0 saturated heterocycles. The van der Waals surface area contributed by atoms with E-state index in [1.54, 1.807) is 18.2 Å². The lowest BCUT2D eigenvalue weighted by atomic mass is 10.1. The highest BCUT2D eigenvalue weighted by molar-refractivity contribution is 6.42. The van der Waals surface area contributed by atoms with Crippen molar-refractivity contribution in [3.05, 3.63) is 50.2 Å². The normalized spacial score (nSPS) is 9.94. The summed E-state index contributed by atoms with van der Waals surface area (Å²) in [4.78, 5) is 11.0. The predicted octanol–water partition coefficient (Wildman–Crippen LogP) is 2.62. The van der Waals surface area contributed by atoms with E-state index in [-0.39, 0.29) is 5.56 Å². The molecule has 1 aromatic carbocycles. The molecular formula is C11H5Cl2N3O. The number of rotatable bonds is 1. The van der Waals surface area contributed by atoms with Crippen LogP contribution >= 0.6 is 23.2 Å². The van der Waals surface area contributed by atoms with E-state index in [9.17, 15) is 4.79 Å². The quantitative estimate of drug-likeness (QED) is 0.862. The topological polar surface area (TPSA) is 69.5 Å². The van der Waals surface area contributed by atoms with Crippen LogP contribution in [-0.2, 0) is 0 Å². The molecule has 0 aliphatic heterocycles. The molecule has 0 bridgehead atoms. The Morgan fingerprint density at radius 1 is 1.24 bits per heavy atom. The highest BCUT2D eigenvalue weighted by atomic mass is 35.5. The fourth-order valence-corrected chi connectivity index (χ4v) is 1.65. The standard InChI is InChI=1S/C11H5Cl2N3O/c12-8-2-1-6(3-9(8)13)11-7(5-14)4-10(17)15-16-11/h1-4H,(H,15,17). The molecule has 0 saturated carbocycles. The molecule has 0 fully saturated rings. The lowest BCUT2D eigenvalue weighted by molar-refractivity contribution is 0.990. The number of aromatic amines is 1. The Kier molecular flexibility index (Phi) is 3.14. The Morgan fingerprint density at radius 3 is 2.65 bits per heavy atom. The van der Waals surface area contributed by atoms with Crippen LogP contribution in [0, 0.1) is 11.3 Å². The highest BCUT2D eigenvalue weighted by Gasteiger charge is 2.09. The minimum absolute atomic E-state index is 0.187. The molecule has 2 rings (SSSR count). The largest absolute Gasteiger partial charge is 0.268 e. The van der Waals surface area contributed by atoms with Gasteiger partial charge in [-0.3, -0.25) is 4.79 Å². The molecule has 0 amide bonds. The molecule has 17 heavy (non-hydrogen) atoms. The second-order valence-electron chi connectivity index (χ2n) is 3.24. The fourth-order valence-electron chi connectivity index (χ4n) is 1.35. The zero-order valence-corrected chi connectivity index (χ0v) is 9.88. The summed E-state index contributed by atoms with van der Waals surface area (Å²) in [5.41, 5.74) is 0.746. The van der Waals surface area contributed by atoms with Crippen LogP contribution in [-0.4, -0.2) is 10.2 Å². The predicted molar refractivity (Wildman–Crippen MR) is 65.0 cm³/mol. The number of benzene rings is 1. The van der Waals surface area contributed by atoms with Gasteiger partial charge in [0.2, 0.25) is 0 Å². The van der Waals surface area contributed by atoms with Crippen molar-refractivity contribution in [2.45, 2.75) is 0 Å². The van der Waals surface area contributed by atoms with E-state index in [1.807, 2.05) is 6.07 Å². The molecule has 2 aromatic rings. The Labute approximate surface area is 106 Å². The summed E-state index contributed by atoms with van der Waals surface area (Å²) < 4.78 is 0. The van der Waals surface area contributed by atoms with Crippen LogP contribution in [0.15, 0.2) is 29.1 Å². The average Bonchev–Trinajstić information content (AvgIpc) is 2.32. The molecule has 1 aromatic heterocycles. The van der Waals surface area contributed by atoms with Gasteiger partial charge in [-0.25, -0.2) is 5.10 Å². The summed E-state index contributed by atoms with van der Waals surface area (Å²) in [5, 5.41) is 15.8. The average molecular weight is 266 g/mol. The van der Waals surface area contributed by atoms with Crippen LogP contribution in [0.2, 0.25) is 10.0 Å². The molecule has 0 aliphatic carbocycles. The van der Waals surface area contributed by atoms with Crippen molar-refractivity contribution in [3.63, 3.8) is 0 Å². The lowest BCUT2D eigenvalue weighted by Gasteiger charge is -2.03. The van der Waals surface area contributed by atoms with Crippen molar-refractivity contribution in [1.82, 2.24) is 10.2 Å². The molecule has 84 valence electrons. The van der Waals surface area contributed by atoms with Gasteiger partial charge in [-0.1, -0.05) is 29.3 Å². The number of H-pyrrole nitrogens is 1. The Bertz CT molecular complexity index is 673. The van der Waals surface area contributed by atoms with Crippen LogP contribution in [0.4, 0.5) is 0 Å². The van der Waals surface area contributed by atoms with Crippen LogP contribution in [0.3, 0.4) is 0 Å². The van der Waals surface area contributed by atoms with Gasteiger partial charge in [0.1, 0.15) is 11.8 Å². The van der Waals surface area contributed by atoms with E-state index < -0.39 is 5.56 Å². The van der Waals surface area contributed by atoms with Gasteiger partial charge < -0.3 is 0 Å². The zero-order valence-electron chi connectivity index (χ0n) is 8.37. The van der Waals surface area contributed by atoms with E-state index in [0.717, 1.165) is 0 Å². The number of nitrogens with one attached hydrogen (secondary N) is 1. The maximum Gasteiger partial charge on any atom is 0.265 e. The molecule has 0 atom stereocenters. The number of hydrogen-bond acceptors (Lipinski definition) is 3. The van der Waals surface area contributed by atoms with Crippen LogP contribution in [0.5, 0.6) is 0 Å². The van der Waals surface area contributed by atoms with E-state index >= 15 is 0 Å². The van der Waals surface area contributed by atoms with Gasteiger partial charge in [-0.2, -0.15) is 10.4 Å². The second-order valence-corrected chi connectivity index (χ2v) is 4.05. The highest BCUT2D eigenvalue weighted by Crippen LogP contribution is 2.28. The fraction of sp³-hybridized carbons (Fsp3) is 0. The number of hydrogen-bond donors (Lipinski definition) is 1. The van der Waals surface area contributed by atoms with Crippen molar-refractivity contribution in [2.24, 2.45) is 0 Å². The van der Waals surface area contributed by atoms with Gasteiger partial charge in [0.15, 0.2) is 0 Å². The second kappa shape index (κ2) is 4.58. The maximum atomic E-state index is 11.0. The Morgan fingerprint density at radius 2 is 2.00 bits per heavy atom.